The van der Waals surface area contributed by atoms with E-state index in [0.29, 0.717) is 11.5 Å². The highest BCUT2D eigenvalue weighted by Crippen LogP contribution is 2.20. The number of aliphatic hydroxyl groups excluding tert-OH is 5. The molecule has 1 aliphatic heterocycles. The Bertz CT molecular complexity index is 303. The molecule has 1 aliphatic rings. The average Bonchev–Trinajstić information content (AvgIpc) is 2.65. The van der Waals surface area contributed by atoms with E-state index < -0.39 is 36.3 Å². The number of rotatable bonds is 4. The van der Waals surface area contributed by atoms with E-state index in [0.717, 1.165) is 0 Å². The number of cyclic esters (lactones) is 1. The van der Waals surface area contributed by atoms with Gasteiger partial charge in [0.15, 0.2) is 11.9 Å². The highest BCUT2D eigenvalue weighted by atomic mass is 32.1. The van der Waals surface area contributed by atoms with Crippen LogP contribution in [0.2, 0.25) is 0 Å². The Labute approximate surface area is 115 Å². The third kappa shape index (κ3) is 4.94. The molecule has 7 nitrogen and oxygen atoms in total. The van der Waals surface area contributed by atoms with Crippen LogP contribution in [0.15, 0.2) is 11.5 Å². The van der Waals surface area contributed by atoms with Crippen molar-refractivity contribution in [2.45, 2.75) is 18.3 Å². The standard InChI is InChI=1S/C6H8O6.C3H8OS2/c7-1-2(8)5-3(9)4(10)6(11)12-5;4-3(1-5)2-6/h2,5,7-10H,1H2;3-6H,1-2H2/t2?,5-;/m1./s1. The van der Waals surface area contributed by atoms with Gasteiger partial charge in [-0.3, -0.25) is 0 Å². The maximum Gasteiger partial charge on any atom is 0.377 e. The van der Waals surface area contributed by atoms with E-state index in [2.05, 4.69) is 30.0 Å². The van der Waals surface area contributed by atoms with Gasteiger partial charge in [0, 0.05) is 11.5 Å². The van der Waals surface area contributed by atoms with Gasteiger partial charge in [-0.1, -0.05) is 0 Å². The molecule has 0 aromatic carbocycles. The smallest absolute Gasteiger partial charge is 0.377 e. The number of esters is 1. The van der Waals surface area contributed by atoms with Crippen LogP contribution in [0.4, 0.5) is 0 Å². The van der Waals surface area contributed by atoms with Crippen molar-refractivity contribution >= 4 is 31.2 Å². The van der Waals surface area contributed by atoms with Crippen LogP contribution in [0.1, 0.15) is 0 Å². The zero-order valence-electron chi connectivity index (χ0n) is 9.30. The van der Waals surface area contributed by atoms with Gasteiger partial charge in [0.2, 0.25) is 5.76 Å². The average molecular weight is 300 g/mol. The minimum absolute atomic E-state index is 0.336. The first-order valence-electron chi connectivity index (χ1n) is 4.90. The molecule has 18 heavy (non-hydrogen) atoms. The maximum absolute atomic E-state index is 10.5. The molecule has 0 aromatic rings. The van der Waals surface area contributed by atoms with Crippen molar-refractivity contribution in [3.63, 3.8) is 0 Å². The molecule has 9 heteroatoms. The zero-order valence-corrected chi connectivity index (χ0v) is 11.1. The first kappa shape index (κ1) is 17.4. The highest BCUT2D eigenvalue weighted by molar-refractivity contribution is 7.81. The number of aliphatic hydroxyl groups is 5. The van der Waals surface area contributed by atoms with Crippen molar-refractivity contribution in [3.05, 3.63) is 11.5 Å². The number of ether oxygens (including phenoxy) is 1. The second-order valence-corrected chi connectivity index (χ2v) is 4.06. The lowest BCUT2D eigenvalue weighted by Gasteiger charge is -2.13. The molecule has 106 valence electrons. The summed E-state index contributed by atoms with van der Waals surface area (Å²) in [6, 6.07) is 0. The van der Waals surface area contributed by atoms with Crippen molar-refractivity contribution in [2.24, 2.45) is 0 Å². The van der Waals surface area contributed by atoms with Crippen LogP contribution in [0.3, 0.4) is 0 Å². The molecule has 0 aromatic heterocycles. The number of hydrogen-bond donors (Lipinski definition) is 7. The van der Waals surface area contributed by atoms with Crippen molar-refractivity contribution in [3.8, 4) is 0 Å². The fraction of sp³-hybridized carbons (Fsp3) is 0.667. The Balaban J connectivity index is 0.000000411. The topological polar surface area (TPSA) is 127 Å². The fourth-order valence-corrected chi connectivity index (χ4v) is 1.34. The summed E-state index contributed by atoms with van der Waals surface area (Å²) in [5.41, 5.74) is 0. The van der Waals surface area contributed by atoms with Crippen molar-refractivity contribution in [1.29, 1.82) is 0 Å². The van der Waals surface area contributed by atoms with E-state index >= 15 is 0 Å². The van der Waals surface area contributed by atoms with E-state index in [1.807, 2.05) is 0 Å². The predicted molar refractivity (Wildman–Crippen MR) is 69.0 cm³/mol. The van der Waals surface area contributed by atoms with Gasteiger partial charge in [0.1, 0.15) is 6.10 Å². The molecule has 5 N–H and O–H groups in total. The van der Waals surface area contributed by atoms with Gasteiger partial charge in [-0.05, 0) is 0 Å². The third-order valence-corrected chi connectivity index (χ3v) is 2.74. The van der Waals surface area contributed by atoms with Gasteiger partial charge in [-0.25, -0.2) is 4.79 Å². The van der Waals surface area contributed by atoms with E-state index in [4.69, 9.17) is 25.5 Å². The molecule has 0 bridgehead atoms. The van der Waals surface area contributed by atoms with Crippen LogP contribution >= 0.6 is 25.3 Å². The van der Waals surface area contributed by atoms with Crippen LogP contribution in [0, 0.1) is 0 Å². The van der Waals surface area contributed by atoms with Gasteiger partial charge in [0.25, 0.3) is 0 Å². The minimum atomic E-state index is -1.42. The number of thiol groups is 2. The van der Waals surface area contributed by atoms with E-state index in [-0.39, 0.29) is 6.10 Å². The molecule has 0 saturated carbocycles. The van der Waals surface area contributed by atoms with Crippen LogP contribution in [0.25, 0.3) is 0 Å². The molecule has 1 unspecified atom stereocenters. The lowest BCUT2D eigenvalue weighted by Crippen LogP contribution is -2.31. The van der Waals surface area contributed by atoms with Gasteiger partial charge < -0.3 is 30.3 Å². The summed E-state index contributed by atoms with van der Waals surface area (Å²) < 4.78 is 4.32. The fourth-order valence-electron chi connectivity index (χ4n) is 0.881. The number of carbonyl (C=O) groups is 1. The van der Waals surface area contributed by atoms with Gasteiger partial charge in [-0.2, -0.15) is 25.3 Å². The Kier molecular flexibility index (Phi) is 8.20. The van der Waals surface area contributed by atoms with Gasteiger partial charge in [0.05, 0.1) is 12.7 Å². The van der Waals surface area contributed by atoms with Crippen LogP contribution in [-0.2, 0) is 9.53 Å². The molecule has 1 heterocycles. The Morgan fingerprint density at radius 1 is 1.22 bits per heavy atom. The molecule has 0 aliphatic carbocycles. The maximum atomic E-state index is 10.5. The quantitative estimate of drug-likeness (QED) is 0.257. The molecule has 0 saturated heterocycles. The number of hydrogen-bond acceptors (Lipinski definition) is 9. The van der Waals surface area contributed by atoms with Gasteiger partial charge >= 0.3 is 5.97 Å². The predicted octanol–water partition coefficient (Wildman–Crippen LogP) is -1.20. The largest absolute Gasteiger partial charge is 0.505 e. The Morgan fingerprint density at radius 2 is 1.72 bits per heavy atom. The lowest BCUT2D eigenvalue weighted by molar-refractivity contribution is -0.147. The molecule has 0 spiro atoms. The third-order valence-electron chi connectivity index (χ3n) is 1.90. The molecule has 2 atom stereocenters. The van der Waals surface area contributed by atoms with Crippen molar-refractivity contribution < 1.29 is 35.1 Å². The van der Waals surface area contributed by atoms with E-state index in [1.165, 1.54) is 0 Å². The molecular formula is C9H16O7S2. The molecule has 0 amide bonds. The lowest BCUT2D eigenvalue weighted by atomic mass is 10.2. The summed E-state index contributed by atoms with van der Waals surface area (Å²) in [5.74, 6) is -1.77. The van der Waals surface area contributed by atoms with Crippen molar-refractivity contribution in [2.75, 3.05) is 18.1 Å². The Hall–Kier alpha value is -0.610. The normalized spacial score (nSPS) is 20.6. The van der Waals surface area contributed by atoms with E-state index in [9.17, 15) is 4.79 Å². The first-order chi connectivity index (χ1) is 8.38. The molecule has 0 radical (unpaired) electrons. The second-order valence-electron chi connectivity index (χ2n) is 3.33. The first-order valence-corrected chi connectivity index (χ1v) is 6.17. The minimum Gasteiger partial charge on any atom is -0.505 e. The summed E-state index contributed by atoms with van der Waals surface area (Å²) in [6.07, 6.45) is -3.11. The molecule has 1 rings (SSSR count). The summed E-state index contributed by atoms with van der Waals surface area (Å²) >= 11 is 7.59. The Morgan fingerprint density at radius 3 is 1.94 bits per heavy atom. The van der Waals surface area contributed by atoms with E-state index in [1.54, 1.807) is 0 Å². The SMILES string of the molecule is O=C1O[C@H](C(O)CO)C(O)=C1O.OC(CS)CS. The van der Waals surface area contributed by atoms with Crippen molar-refractivity contribution in [1.82, 2.24) is 0 Å². The monoisotopic (exact) mass is 300 g/mol. The van der Waals surface area contributed by atoms with Crippen LogP contribution < -0.4 is 0 Å². The molecular weight excluding hydrogens is 284 g/mol. The van der Waals surface area contributed by atoms with Gasteiger partial charge in [-0.15, -0.1) is 0 Å². The highest BCUT2D eigenvalue weighted by Gasteiger charge is 2.38. The summed E-state index contributed by atoms with van der Waals surface area (Å²) in [5, 5.41) is 43.6. The zero-order chi connectivity index (χ0) is 14.3. The summed E-state index contributed by atoms with van der Waals surface area (Å²) in [4.78, 5) is 10.5. The summed E-state index contributed by atoms with van der Waals surface area (Å²) in [6.45, 7) is -0.671. The second kappa shape index (κ2) is 8.48. The van der Waals surface area contributed by atoms with Crippen LogP contribution in [-0.4, -0.2) is 67.9 Å². The number of carbonyl (C=O) groups excluding carboxylic acids is 1. The van der Waals surface area contributed by atoms with Crippen LogP contribution in [0.5, 0.6) is 0 Å². The summed E-state index contributed by atoms with van der Waals surface area (Å²) in [7, 11) is 0. The molecule has 0 fully saturated rings.